The molecule has 0 aliphatic carbocycles. The van der Waals surface area contributed by atoms with E-state index in [-0.39, 0.29) is 21.3 Å². The average molecular weight is 321 g/mol. The normalized spacial score (nSPS) is 10.4. The summed E-state index contributed by atoms with van der Waals surface area (Å²) in [6, 6.07) is 4.34. The van der Waals surface area contributed by atoms with E-state index in [1.54, 1.807) is 0 Å². The van der Waals surface area contributed by atoms with Crippen molar-refractivity contribution in [2.24, 2.45) is 5.84 Å². The van der Waals surface area contributed by atoms with E-state index in [1.807, 2.05) is 5.43 Å². The zero-order chi connectivity index (χ0) is 15.5. The first-order valence-corrected chi connectivity index (χ1v) is 5.59. The van der Waals surface area contributed by atoms with E-state index in [0.29, 0.717) is 12.1 Å². The summed E-state index contributed by atoms with van der Waals surface area (Å²) in [6.07, 6.45) is -4.63. The van der Waals surface area contributed by atoms with Crippen molar-refractivity contribution in [3.8, 4) is 12.1 Å². The van der Waals surface area contributed by atoms with Gasteiger partial charge in [-0.3, -0.25) is 5.84 Å². The molecule has 1 aromatic rings. The lowest BCUT2D eigenvalue weighted by atomic mass is 10.1. The smallest absolute Gasteiger partial charge is 0.322 e. The van der Waals surface area contributed by atoms with E-state index in [0.717, 1.165) is 0 Å². The molecule has 0 heterocycles. The molecule has 20 heavy (non-hydrogen) atoms. The number of allylic oxidation sites excluding steroid dienone is 1. The maximum absolute atomic E-state index is 12.6. The molecule has 0 aliphatic rings. The van der Waals surface area contributed by atoms with Crippen molar-refractivity contribution in [3.05, 3.63) is 38.9 Å². The lowest BCUT2D eigenvalue weighted by molar-refractivity contribution is -0.137. The number of benzene rings is 1. The van der Waals surface area contributed by atoms with Crippen molar-refractivity contribution in [2.45, 2.75) is 6.18 Å². The highest BCUT2D eigenvalue weighted by Crippen LogP contribution is 2.38. The zero-order valence-electron chi connectivity index (χ0n) is 9.52. The van der Waals surface area contributed by atoms with Gasteiger partial charge in [0.2, 0.25) is 0 Å². The van der Waals surface area contributed by atoms with Crippen LogP contribution in [-0.2, 0) is 6.18 Å². The predicted octanol–water partition coefficient (Wildman–Crippen LogP) is 3.23. The second-order valence-corrected chi connectivity index (χ2v) is 4.24. The third-order valence-corrected chi connectivity index (χ3v) is 2.83. The lowest BCUT2D eigenvalue weighted by Gasteiger charge is -2.14. The number of nitrogens with one attached hydrogen (secondary N) is 1. The Labute approximate surface area is 121 Å². The van der Waals surface area contributed by atoms with Crippen LogP contribution in [0.5, 0.6) is 0 Å². The molecule has 3 N–H and O–H groups in total. The van der Waals surface area contributed by atoms with Crippen LogP contribution in [0.3, 0.4) is 0 Å². The third kappa shape index (κ3) is 3.14. The Morgan fingerprint density at radius 2 is 1.60 bits per heavy atom. The Hall–Kier alpha value is -1.93. The third-order valence-electron chi connectivity index (χ3n) is 2.24. The number of halogens is 5. The van der Waals surface area contributed by atoms with Gasteiger partial charge >= 0.3 is 6.18 Å². The molecule has 0 saturated carbocycles. The highest BCUT2D eigenvalue weighted by Gasteiger charge is 2.32. The van der Waals surface area contributed by atoms with Gasteiger partial charge in [-0.15, -0.1) is 0 Å². The minimum Gasteiger partial charge on any atom is -0.322 e. The van der Waals surface area contributed by atoms with E-state index in [4.69, 9.17) is 39.6 Å². The van der Waals surface area contributed by atoms with Crippen molar-refractivity contribution in [2.75, 3.05) is 0 Å². The summed E-state index contributed by atoms with van der Waals surface area (Å²) in [5.41, 5.74) is 0.128. The fourth-order valence-electron chi connectivity index (χ4n) is 1.38. The van der Waals surface area contributed by atoms with Gasteiger partial charge in [0.25, 0.3) is 0 Å². The van der Waals surface area contributed by atoms with Crippen LogP contribution in [0, 0.1) is 22.7 Å². The monoisotopic (exact) mass is 320 g/mol. The van der Waals surface area contributed by atoms with Crippen molar-refractivity contribution < 1.29 is 13.2 Å². The summed E-state index contributed by atoms with van der Waals surface area (Å²) in [7, 11) is 0. The Morgan fingerprint density at radius 3 is 1.90 bits per heavy atom. The van der Waals surface area contributed by atoms with Gasteiger partial charge in [0.1, 0.15) is 12.1 Å². The molecular formula is C11H5Cl2F3N4. The number of nitriles is 2. The Morgan fingerprint density at radius 1 is 1.15 bits per heavy atom. The Kier molecular flexibility index (Phi) is 4.85. The number of hydrogen-bond acceptors (Lipinski definition) is 4. The maximum Gasteiger partial charge on any atom is 0.416 e. The molecule has 9 heteroatoms. The summed E-state index contributed by atoms with van der Waals surface area (Å²) >= 11 is 11.5. The van der Waals surface area contributed by atoms with E-state index < -0.39 is 17.3 Å². The standard InChI is InChI=1S/C11H5Cl2F3N4/c12-7-1-6(11(14,15)16)2-8(13)9(7)10(20-19)5(3-17)4-18/h1-2,20H,19H2. The fourth-order valence-corrected chi connectivity index (χ4v) is 2.06. The first-order valence-electron chi connectivity index (χ1n) is 4.84. The van der Waals surface area contributed by atoms with Gasteiger partial charge in [-0.2, -0.15) is 23.7 Å². The van der Waals surface area contributed by atoms with Gasteiger partial charge in [0.05, 0.1) is 21.3 Å². The molecule has 0 unspecified atom stereocenters. The van der Waals surface area contributed by atoms with E-state index in [9.17, 15) is 13.2 Å². The minimum absolute atomic E-state index is 0.151. The highest BCUT2D eigenvalue weighted by atomic mass is 35.5. The van der Waals surface area contributed by atoms with Gasteiger partial charge in [-0.25, -0.2) is 0 Å². The maximum atomic E-state index is 12.6. The van der Waals surface area contributed by atoms with Gasteiger partial charge < -0.3 is 5.43 Å². The van der Waals surface area contributed by atoms with Crippen LogP contribution in [-0.4, -0.2) is 0 Å². The van der Waals surface area contributed by atoms with E-state index in [2.05, 4.69) is 0 Å². The molecule has 0 saturated heterocycles. The summed E-state index contributed by atoms with van der Waals surface area (Å²) in [4.78, 5) is 0. The molecule has 1 rings (SSSR count). The summed E-state index contributed by atoms with van der Waals surface area (Å²) < 4.78 is 37.7. The summed E-state index contributed by atoms with van der Waals surface area (Å²) in [5.74, 6) is 5.17. The zero-order valence-corrected chi connectivity index (χ0v) is 11.0. The number of nitrogens with two attached hydrogens (primary N) is 1. The van der Waals surface area contributed by atoms with Crippen molar-refractivity contribution >= 4 is 28.9 Å². The molecule has 4 nitrogen and oxygen atoms in total. The SMILES string of the molecule is N#CC(C#N)=C(NN)c1c(Cl)cc(C(F)(F)F)cc1Cl. The predicted molar refractivity (Wildman–Crippen MR) is 66.9 cm³/mol. The van der Waals surface area contributed by atoms with Crippen LogP contribution in [0.25, 0.3) is 5.70 Å². The van der Waals surface area contributed by atoms with Crippen LogP contribution in [0.2, 0.25) is 10.0 Å². The molecule has 0 aliphatic heterocycles. The Balaban J connectivity index is 3.62. The lowest BCUT2D eigenvalue weighted by Crippen LogP contribution is -2.22. The van der Waals surface area contributed by atoms with Crippen LogP contribution in [0.1, 0.15) is 11.1 Å². The van der Waals surface area contributed by atoms with Crippen LogP contribution in [0.4, 0.5) is 13.2 Å². The molecule has 0 radical (unpaired) electrons. The molecule has 0 aromatic heterocycles. The van der Waals surface area contributed by atoms with Crippen molar-refractivity contribution in [1.29, 1.82) is 10.5 Å². The first-order chi connectivity index (χ1) is 9.26. The number of alkyl halides is 3. The van der Waals surface area contributed by atoms with Crippen LogP contribution >= 0.6 is 23.2 Å². The number of rotatable bonds is 2. The van der Waals surface area contributed by atoms with Gasteiger partial charge in [0, 0.05) is 5.56 Å². The second-order valence-electron chi connectivity index (χ2n) is 3.43. The molecule has 104 valence electrons. The highest BCUT2D eigenvalue weighted by molar-refractivity contribution is 6.37. The van der Waals surface area contributed by atoms with Gasteiger partial charge in [0.15, 0.2) is 5.57 Å². The fraction of sp³-hybridized carbons (Fsp3) is 0.0909. The second kappa shape index (κ2) is 6.02. The number of nitrogens with zero attached hydrogens (tertiary/aromatic N) is 2. The minimum atomic E-state index is -4.63. The summed E-state index contributed by atoms with van der Waals surface area (Å²) in [5, 5.41) is 16.7. The van der Waals surface area contributed by atoms with Gasteiger partial charge in [-0.1, -0.05) is 23.2 Å². The molecule has 0 fully saturated rings. The number of hydrogen-bond donors (Lipinski definition) is 2. The van der Waals surface area contributed by atoms with Crippen LogP contribution < -0.4 is 11.3 Å². The summed E-state index contributed by atoms with van der Waals surface area (Å²) in [6.45, 7) is 0. The molecule has 0 atom stereocenters. The quantitative estimate of drug-likeness (QED) is 0.497. The molecule has 0 amide bonds. The first kappa shape index (κ1) is 16.1. The van der Waals surface area contributed by atoms with E-state index >= 15 is 0 Å². The van der Waals surface area contributed by atoms with Crippen molar-refractivity contribution in [1.82, 2.24) is 5.43 Å². The van der Waals surface area contributed by atoms with Crippen LogP contribution in [0.15, 0.2) is 17.7 Å². The number of hydrazine groups is 1. The van der Waals surface area contributed by atoms with Gasteiger partial charge in [-0.05, 0) is 12.1 Å². The molecule has 0 bridgehead atoms. The Bertz CT molecular complexity index is 614. The molecule has 0 spiro atoms. The topological polar surface area (TPSA) is 85.6 Å². The van der Waals surface area contributed by atoms with Crippen molar-refractivity contribution in [3.63, 3.8) is 0 Å². The molecular weight excluding hydrogens is 316 g/mol. The van der Waals surface area contributed by atoms with E-state index in [1.165, 1.54) is 12.1 Å². The average Bonchev–Trinajstić information content (AvgIpc) is 2.35. The molecule has 1 aromatic carbocycles. The largest absolute Gasteiger partial charge is 0.416 e.